The summed E-state index contributed by atoms with van der Waals surface area (Å²) >= 11 is 5.46. The summed E-state index contributed by atoms with van der Waals surface area (Å²) in [7, 11) is 0. The van der Waals surface area contributed by atoms with E-state index in [2.05, 4.69) is 16.8 Å². The molecule has 2 rings (SSSR count). The number of benzene rings is 1. The third-order valence-electron chi connectivity index (χ3n) is 1.79. The van der Waals surface area contributed by atoms with Crippen molar-refractivity contribution in [2.24, 2.45) is 0 Å². The maximum absolute atomic E-state index is 5.46. The molecule has 0 aliphatic carbocycles. The molecule has 3 heteroatoms. The lowest BCUT2D eigenvalue weighted by Crippen LogP contribution is -1.74. The minimum atomic E-state index is 0.341. The molecule has 1 aromatic heterocycles. The highest BCUT2D eigenvalue weighted by molar-refractivity contribution is 6.19. The van der Waals surface area contributed by atoms with Gasteiger partial charge in [0, 0.05) is 12.5 Å². The van der Waals surface area contributed by atoms with E-state index in [1.165, 1.54) is 0 Å². The Labute approximate surface area is 86.9 Å². The summed E-state index contributed by atoms with van der Waals surface area (Å²) in [5, 5.41) is 0. The summed E-state index contributed by atoms with van der Waals surface area (Å²) in [6.45, 7) is 1.82. The van der Waals surface area contributed by atoms with Crippen LogP contribution in [0.4, 0.5) is 0 Å². The fourth-order valence-electron chi connectivity index (χ4n) is 1.25. The fraction of sp³-hybridized carbons (Fsp3) is 0.182. The van der Waals surface area contributed by atoms with E-state index >= 15 is 0 Å². The third kappa shape index (κ3) is 1.73. The normalized spacial score (nSPS) is 9.86. The zero-order valence-electron chi connectivity index (χ0n) is 7.67. The minimum Gasteiger partial charge on any atom is -0.441 e. The van der Waals surface area contributed by atoms with Crippen LogP contribution in [0.3, 0.4) is 0 Å². The van der Waals surface area contributed by atoms with Gasteiger partial charge in [-0.25, -0.2) is 4.98 Å². The van der Waals surface area contributed by atoms with Gasteiger partial charge in [0.05, 0.1) is 5.88 Å². The van der Waals surface area contributed by atoms with Crippen molar-refractivity contribution in [1.29, 1.82) is 0 Å². The zero-order valence-corrected chi connectivity index (χ0v) is 8.43. The molecule has 70 valence electrons. The Morgan fingerprint density at radius 1 is 1.50 bits per heavy atom. The molecule has 0 atom stereocenters. The lowest BCUT2D eigenvalue weighted by Gasteiger charge is -1.88. The van der Waals surface area contributed by atoms with Gasteiger partial charge in [0.15, 0.2) is 11.5 Å². The Hall–Kier alpha value is -1.46. The van der Waals surface area contributed by atoms with Gasteiger partial charge in [0.2, 0.25) is 0 Å². The molecule has 0 saturated carbocycles. The molecule has 14 heavy (non-hydrogen) atoms. The molecule has 2 nitrogen and oxygen atoms in total. The number of hydrogen-bond donors (Lipinski definition) is 0. The first-order chi connectivity index (χ1) is 6.79. The van der Waals surface area contributed by atoms with Crippen molar-refractivity contribution in [2.75, 3.05) is 5.88 Å². The quantitative estimate of drug-likeness (QED) is 0.488. The first-order valence-corrected chi connectivity index (χ1v) is 4.75. The summed E-state index contributed by atoms with van der Waals surface area (Å²) in [4.78, 5) is 4.19. The number of aryl methyl sites for hydroxylation is 1. The smallest absolute Gasteiger partial charge is 0.192 e. The lowest BCUT2D eigenvalue weighted by atomic mass is 10.2. The standard InChI is InChI=1S/C11H8ClNO/c1-8-13-10-5-4-9(3-2-6-12)7-11(10)14-8/h4-5,7H,6H2,1H3. The maximum atomic E-state index is 5.46. The number of fused-ring (bicyclic) bond motifs is 1. The van der Waals surface area contributed by atoms with Gasteiger partial charge in [0.1, 0.15) is 5.52 Å². The van der Waals surface area contributed by atoms with E-state index in [9.17, 15) is 0 Å². The molecule has 0 saturated heterocycles. The van der Waals surface area contributed by atoms with Gasteiger partial charge >= 0.3 is 0 Å². The molecular formula is C11H8ClNO. The number of halogens is 1. The van der Waals surface area contributed by atoms with Crippen molar-refractivity contribution in [3.63, 3.8) is 0 Å². The highest BCUT2D eigenvalue weighted by Crippen LogP contribution is 2.16. The van der Waals surface area contributed by atoms with Crippen molar-refractivity contribution >= 4 is 22.7 Å². The van der Waals surface area contributed by atoms with Crippen molar-refractivity contribution < 1.29 is 4.42 Å². The first-order valence-electron chi connectivity index (χ1n) is 4.21. The molecule has 0 N–H and O–H groups in total. The topological polar surface area (TPSA) is 26.0 Å². The fourth-order valence-corrected chi connectivity index (χ4v) is 1.32. The third-order valence-corrected chi connectivity index (χ3v) is 1.93. The van der Waals surface area contributed by atoms with Crippen LogP contribution in [0.1, 0.15) is 11.5 Å². The molecular weight excluding hydrogens is 198 g/mol. The van der Waals surface area contributed by atoms with Crippen molar-refractivity contribution in [1.82, 2.24) is 4.98 Å². The Morgan fingerprint density at radius 3 is 3.14 bits per heavy atom. The Kier molecular flexibility index (Phi) is 2.43. The van der Waals surface area contributed by atoms with Crippen molar-refractivity contribution in [3.05, 3.63) is 29.7 Å². The van der Waals surface area contributed by atoms with Crippen molar-refractivity contribution in [3.8, 4) is 11.8 Å². The molecule has 1 aromatic carbocycles. The molecule has 0 unspecified atom stereocenters. The van der Waals surface area contributed by atoms with E-state index in [-0.39, 0.29) is 0 Å². The minimum absolute atomic E-state index is 0.341. The summed E-state index contributed by atoms with van der Waals surface area (Å²) in [6, 6.07) is 5.67. The van der Waals surface area contributed by atoms with Crippen LogP contribution in [0, 0.1) is 18.8 Å². The highest BCUT2D eigenvalue weighted by atomic mass is 35.5. The average Bonchev–Trinajstić information content (AvgIpc) is 2.54. The van der Waals surface area contributed by atoms with Gasteiger partial charge in [0.25, 0.3) is 0 Å². The van der Waals surface area contributed by atoms with Crippen LogP contribution in [0.2, 0.25) is 0 Å². The van der Waals surface area contributed by atoms with Gasteiger partial charge in [-0.15, -0.1) is 11.6 Å². The number of hydrogen-bond acceptors (Lipinski definition) is 2. The Bertz CT molecular complexity index is 519. The second-order valence-electron chi connectivity index (χ2n) is 2.85. The molecule has 0 aliphatic rings. The Morgan fingerprint density at radius 2 is 2.36 bits per heavy atom. The average molecular weight is 206 g/mol. The number of alkyl halides is 1. The van der Waals surface area contributed by atoms with E-state index in [1.54, 1.807) is 0 Å². The predicted molar refractivity (Wildman–Crippen MR) is 56.3 cm³/mol. The second-order valence-corrected chi connectivity index (χ2v) is 3.12. The molecule has 2 aromatic rings. The predicted octanol–water partition coefficient (Wildman–Crippen LogP) is 2.73. The van der Waals surface area contributed by atoms with Gasteiger partial charge in [-0.1, -0.05) is 11.8 Å². The van der Waals surface area contributed by atoms with Crippen LogP contribution in [-0.4, -0.2) is 10.9 Å². The molecule has 0 aliphatic heterocycles. The molecule has 0 fully saturated rings. The molecule has 0 amide bonds. The van der Waals surface area contributed by atoms with Gasteiger partial charge < -0.3 is 4.42 Å². The van der Waals surface area contributed by atoms with E-state index in [1.807, 2.05) is 25.1 Å². The molecule has 0 spiro atoms. The molecule has 0 radical (unpaired) electrons. The van der Waals surface area contributed by atoms with Gasteiger partial charge in [-0.3, -0.25) is 0 Å². The number of rotatable bonds is 0. The lowest BCUT2D eigenvalue weighted by molar-refractivity contribution is 0.561. The van der Waals surface area contributed by atoms with E-state index in [0.717, 1.165) is 16.7 Å². The Balaban J connectivity index is 2.50. The molecule has 0 bridgehead atoms. The summed E-state index contributed by atoms with van der Waals surface area (Å²) in [6.07, 6.45) is 0. The zero-order chi connectivity index (χ0) is 9.97. The summed E-state index contributed by atoms with van der Waals surface area (Å²) in [5.41, 5.74) is 2.53. The van der Waals surface area contributed by atoms with Crippen LogP contribution in [0.15, 0.2) is 22.6 Å². The van der Waals surface area contributed by atoms with Gasteiger partial charge in [-0.05, 0) is 18.2 Å². The second kappa shape index (κ2) is 3.73. The SMILES string of the molecule is Cc1nc2ccc(C#CCCl)cc2o1. The van der Waals surface area contributed by atoms with Gasteiger partial charge in [-0.2, -0.15) is 0 Å². The molecule has 1 heterocycles. The monoisotopic (exact) mass is 205 g/mol. The number of nitrogens with zero attached hydrogens (tertiary/aromatic N) is 1. The van der Waals surface area contributed by atoms with Crippen LogP contribution in [-0.2, 0) is 0 Å². The number of aromatic nitrogens is 1. The van der Waals surface area contributed by atoms with E-state index in [0.29, 0.717) is 11.8 Å². The summed E-state index contributed by atoms with van der Waals surface area (Å²) in [5.74, 6) is 6.73. The maximum Gasteiger partial charge on any atom is 0.192 e. The van der Waals surface area contributed by atoms with Crippen LogP contribution >= 0.6 is 11.6 Å². The highest BCUT2D eigenvalue weighted by Gasteiger charge is 2.01. The number of oxazole rings is 1. The first kappa shape index (κ1) is 9.11. The van der Waals surface area contributed by atoms with E-state index < -0.39 is 0 Å². The van der Waals surface area contributed by atoms with Crippen molar-refractivity contribution in [2.45, 2.75) is 6.92 Å². The van der Waals surface area contributed by atoms with Crippen LogP contribution in [0.25, 0.3) is 11.1 Å². The van der Waals surface area contributed by atoms with Crippen LogP contribution < -0.4 is 0 Å². The largest absolute Gasteiger partial charge is 0.441 e. The van der Waals surface area contributed by atoms with E-state index in [4.69, 9.17) is 16.0 Å². The summed E-state index contributed by atoms with van der Waals surface area (Å²) < 4.78 is 5.38. The van der Waals surface area contributed by atoms with Crippen LogP contribution in [0.5, 0.6) is 0 Å².